The summed E-state index contributed by atoms with van der Waals surface area (Å²) in [5.74, 6) is 7.85. The van der Waals surface area contributed by atoms with Crippen molar-refractivity contribution < 1.29 is 9.90 Å². The fourth-order valence-corrected chi connectivity index (χ4v) is 3.48. The number of hydrogen-bond donors (Lipinski definition) is 2. The molecule has 2 aliphatic rings. The van der Waals surface area contributed by atoms with E-state index in [-0.39, 0.29) is 12.5 Å². The van der Waals surface area contributed by atoms with E-state index in [9.17, 15) is 4.79 Å². The van der Waals surface area contributed by atoms with E-state index in [4.69, 9.17) is 5.11 Å². The van der Waals surface area contributed by atoms with Gasteiger partial charge in [-0.3, -0.25) is 4.79 Å². The molecule has 1 heterocycles. The molecule has 1 aromatic rings. The van der Waals surface area contributed by atoms with Crippen LogP contribution in [0.25, 0.3) is 0 Å². The van der Waals surface area contributed by atoms with Gasteiger partial charge in [0.2, 0.25) is 0 Å². The largest absolute Gasteiger partial charge is 0.384 e. The van der Waals surface area contributed by atoms with E-state index < -0.39 is 0 Å². The molecule has 0 bridgehead atoms. The highest BCUT2D eigenvalue weighted by molar-refractivity contribution is 7.10. The highest BCUT2D eigenvalue weighted by Gasteiger charge is 2.41. The van der Waals surface area contributed by atoms with Crippen molar-refractivity contribution in [2.24, 2.45) is 17.8 Å². The molecule has 2 N–H and O–H groups in total. The van der Waals surface area contributed by atoms with Crippen molar-refractivity contribution in [2.45, 2.75) is 25.7 Å². The first-order valence-electron chi connectivity index (χ1n) is 7.24. The minimum absolute atomic E-state index is 0.00426. The second-order valence-electron chi connectivity index (χ2n) is 5.71. The molecule has 0 radical (unpaired) electrons. The van der Waals surface area contributed by atoms with Gasteiger partial charge in [-0.25, -0.2) is 0 Å². The van der Waals surface area contributed by atoms with Crippen molar-refractivity contribution in [2.75, 3.05) is 13.2 Å². The highest BCUT2D eigenvalue weighted by Crippen LogP contribution is 2.48. The first kappa shape index (κ1) is 13.7. The van der Waals surface area contributed by atoms with Crippen molar-refractivity contribution >= 4 is 17.2 Å². The molecule has 106 valence electrons. The Morgan fingerprint density at radius 3 is 2.70 bits per heavy atom. The zero-order chi connectivity index (χ0) is 13.9. The lowest BCUT2D eigenvalue weighted by Gasteiger charge is -2.15. The van der Waals surface area contributed by atoms with Crippen molar-refractivity contribution in [1.82, 2.24) is 5.32 Å². The number of carbonyl (C=O) groups excluding carboxylic acids is 1. The van der Waals surface area contributed by atoms with Crippen LogP contribution in [-0.2, 0) is 0 Å². The normalized spacial score (nSPS) is 17.7. The van der Waals surface area contributed by atoms with Gasteiger partial charge in [-0.1, -0.05) is 11.8 Å². The molecular weight excluding hydrogens is 270 g/mol. The number of aliphatic hydroxyl groups excluding tert-OH is 1. The van der Waals surface area contributed by atoms with Crippen LogP contribution in [0.1, 0.15) is 40.9 Å². The van der Waals surface area contributed by atoms with Crippen molar-refractivity contribution in [3.05, 3.63) is 21.9 Å². The van der Waals surface area contributed by atoms with Gasteiger partial charge >= 0.3 is 0 Å². The molecule has 0 aliphatic heterocycles. The minimum atomic E-state index is -0.149. The molecule has 3 nitrogen and oxygen atoms in total. The lowest BCUT2D eigenvalue weighted by atomic mass is 9.98. The second kappa shape index (κ2) is 5.99. The molecule has 2 saturated carbocycles. The van der Waals surface area contributed by atoms with E-state index >= 15 is 0 Å². The fourth-order valence-electron chi connectivity index (χ4n) is 2.73. The third-order valence-corrected chi connectivity index (χ3v) is 4.95. The molecule has 0 aromatic carbocycles. The first-order chi connectivity index (χ1) is 9.78. The van der Waals surface area contributed by atoms with E-state index in [0.29, 0.717) is 11.5 Å². The summed E-state index contributed by atoms with van der Waals surface area (Å²) in [4.78, 5) is 12.9. The molecule has 3 rings (SSSR count). The third kappa shape index (κ3) is 3.41. The molecule has 2 fully saturated rings. The van der Waals surface area contributed by atoms with Crippen LogP contribution in [0.15, 0.2) is 11.4 Å². The Bertz CT molecular complexity index is 534. The predicted octanol–water partition coefficient (Wildman–Crippen LogP) is 2.26. The van der Waals surface area contributed by atoms with Gasteiger partial charge < -0.3 is 10.4 Å². The van der Waals surface area contributed by atoms with Gasteiger partial charge in [0.25, 0.3) is 5.91 Å². The molecule has 4 heteroatoms. The van der Waals surface area contributed by atoms with Crippen molar-refractivity contribution in [3.63, 3.8) is 0 Å². The van der Waals surface area contributed by atoms with Crippen LogP contribution in [0.5, 0.6) is 0 Å². The summed E-state index contributed by atoms with van der Waals surface area (Å²) in [7, 11) is 0. The number of carbonyl (C=O) groups is 1. The molecule has 0 spiro atoms. The SMILES string of the molecule is O=C(NCC(C1CC1)C1CC1)c1csc(C#CCO)c1. The summed E-state index contributed by atoms with van der Waals surface area (Å²) in [6, 6.07) is 1.80. The van der Waals surface area contributed by atoms with Crippen LogP contribution < -0.4 is 5.32 Å². The van der Waals surface area contributed by atoms with E-state index in [1.54, 1.807) is 6.07 Å². The summed E-state index contributed by atoms with van der Waals surface area (Å²) < 4.78 is 0. The maximum atomic E-state index is 12.1. The number of amides is 1. The van der Waals surface area contributed by atoms with Crippen molar-refractivity contribution in [3.8, 4) is 11.8 Å². The topological polar surface area (TPSA) is 49.3 Å². The number of aliphatic hydroxyl groups is 1. The number of hydrogen-bond acceptors (Lipinski definition) is 3. The minimum Gasteiger partial charge on any atom is -0.384 e. The maximum absolute atomic E-state index is 12.1. The summed E-state index contributed by atoms with van der Waals surface area (Å²) in [5, 5.41) is 13.6. The Balaban J connectivity index is 1.54. The quantitative estimate of drug-likeness (QED) is 0.817. The zero-order valence-electron chi connectivity index (χ0n) is 11.4. The summed E-state index contributed by atoms with van der Waals surface area (Å²) in [5.41, 5.74) is 0.683. The van der Waals surface area contributed by atoms with E-state index in [0.717, 1.165) is 23.3 Å². The lowest BCUT2D eigenvalue weighted by molar-refractivity contribution is 0.0944. The van der Waals surface area contributed by atoms with E-state index in [2.05, 4.69) is 17.2 Å². The van der Waals surface area contributed by atoms with E-state index in [1.807, 2.05) is 5.38 Å². The predicted molar refractivity (Wildman–Crippen MR) is 79.6 cm³/mol. The maximum Gasteiger partial charge on any atom is 0.252 e. The molecule has 1 aromatic heterocycles. The molecule has 0 saturated heterocycles. The number of rotatable bonds is 5. The van der Waals surface area contributed by atoms with Crippen LogP contribution in [0.3, 0.4) is 0 Å². The summed E-state index contributed by atoms with van der Waals surface area (Å²) in [6.45, 7) is 0.672. The smallest absolute Gasteiger partial charge is 0.252 e. The Kier molecular flexibility index (Phi) is 4.09. The fraction of sp³-hybridized carbons (Fsp3) is 0.562. The Morgan fingerprint density at radius 1 is 1.40 bits per heavy atom. The van der Waals surface area contributed by atoms with Crippen LogP contribution in [0.4, 0.5) is 0 Å². The van der Waals surface area contributed by atoms with E-state index in [1.165, 1.54) is 37.0 Å². The van der Waals surface area contributed by atoms with Gasteiger partial charge in [-0.15, -0.1) is 11.3 Å². The Labute approximate surface area is 123 Å². The zero-order valence-corrected chi connectivity index (χ0v) is 12.2. The highest BCUT2D eigenvalue weighted by atomic mass is 32.1. The number of nitrogens with one attached hydrogen (secondary N) is 1. The monoisotopic (exact) mass is 289 g/mol. The van der Waals surface area contributed by atoms with Crippen LogP contribution >= 0.6 is 11.3 Å². The Morgan fingerprint density at radius 2 is 2.10 bits per heavy atom. The average molecular weight is 289 g/mol. The molecule has 2 aliphatic carbocycles. The molecule has 20 heavy (non-hydrogen) atoms. The van der Waals surface area contributed by atoms with Crippen LogP contribution in [-0.4, -0.2) is 24.2 Å². The van der Waals surface area contributed by atoms with Gasteiger partial charge in [0.15, 0.2) is 0 Å². The van der Waals surface area contributed by atoms with Crippen molar-refractivity contribution in [1.29, 1.82) is 0 Å². The standard InChI is InChI=1S/C16H19NO2S/c18-7-1-2-14-8-13(10-20-14)16(19)17-9-15(11-3-4-11)12-5-6-12/h8,10-12,15,18H,3-7,9H2,(H,17,19). The summed E-state index contributed by atoms with van der Waals surface area (Å²) in [6.07, 6.45) is 5.37. The Hall–Kier alpha value is -1.31. The second-order valence-corrected chi connectivity index (χ2v) is 6.62. The lowest BCUT2D eigenvalue weighted by Crippen LogP contribution is -2.30. The van der Waals surface area contributed by atoms with Gasteiger partial charge in [0, 0.05) is 11.9 Å². The van der Waals surface area contributed by atoms with Gasteiger partial charge in [0.05, 0.1) is 10.4 Å². The summed E-state index contributed by atoms with van der Waals surface area (Å²) >= 11 is 1.44. The van der Waals surface area contributed by atoms with Gasteiger partial charge in [0.1, 0.15) is 6.61 Å². The van der Waals surface area contributed by atoms with Crippen LogP contribution in [0.2, 0.25) is 0 Å². The molecular formula is C16H19NO2S. The van der Waals surface area contributed by atoms with Gasteiger partial charge in [-0.2, -0.15) is 0 Å². The third-order valence-electron chi connectivity index (χ3n) is 4.11. The van der Waals surface area contributed by atoms with Gasteiger partial charge in [-0.05, 0) is 49.5 Å². The number of thiophene rings is 1. The molecule has 1 amide bonds. The molecule has 0 unspecified atom stereocenters. The van der Waals surface area contributed by atoms with Crippen LogP contribution in [0, 0.1) is 29.6 Å². The average Bonchev–Trinajstić information content (AvgIpc) is 3.37. The molecule has 0 atom stereocenters. The first-order valence-corrected chi connectivity index (χ1v) is 8.12.